The molecule has 5 nitrogen and oxygen atoms in total. The first-order valence-corrected chi connectivity index (χ1v) is 7.82. The van der Waals surface area contributed by atoms with Gasteiger partial charge >= 0.3 is 5.97 Å². The molecule has 0 atom stereocenters. The van der Waals surface area contributed by atoms with Crippen molar-refractivity contribution in [2.45, 2.75) is 47.0 Å². The summed E-state index contributed by atoms with van der Waals surface area (Å²) < 4.78 is 4.94. The van der Waals surface area contributed by atoms with Crippen molar-refractivity contribution in [1.82, 2.24) is 5.01 Å². The van der Waals surface area contributed by atoms with Gasteiger partial charge in [-0.05, 0) is 44.4 Å². The van der Waals surface area contributed by atoms with Crippen LogP contribution in [0.1, 0.15) is 47.0 Å². The lowest BCUT2D eigenvalue weighted by Crippen LogP contribution is -2.11. The zero-order chi connectivity index (χ0) is 17.0. The third-order valence-corrected chi connectivity index (χ3v) is 3.02. The van der Waals surface area contributed by atoms with Crippen molar-refractivity contribution >= 4 is 5.97 Å². The molecule has 0 saturated heterocycles. The van der Waals surface area contributed by atoms with E-state index >= 15 is 0 Å². The van der Waals surface area contributed by atoms with Crippen LogP contribution in [-0.4, -0.2) is 31.2 Å². The van der Waals surface area contributed by atoms with Crippen LogP contribution in [0.15, 0.2) is 45.9 Å². The predicted molar refractivity (Wildman–Crippen MR) is 90.3 cm³/mol. The monoisotopic (exact) mass is 307 g/mol. The molecule has 0 radical (unpaired) electrons. The van der Waals surface area contributed by atoms with Gasteiger partial charge in [0.15, 0.2) is 0 Å². The predicted octanol–water partition coefficient (Wildman–Crippen LogP) is 4.45. The van der Waals surface area contributed by atoms with Gasteiger partial charge < -0.3 is 4.74 Å². The van der Waals surface area contributed by atoms with E-state index in [9.17, 15) is 4.79 Å². The van der Waals surface area contributed by atoms with Crippen LogP contribution in [0.3, 0.4) is 0 Å². The number of ether oxygens (including phenoxy) is 1. The molecule has 0 N–H and O–H groups in total. The Hall–Kier alpha value is -1.91. The Kier molecular flexibility index (Phi) is 10.7. The first-order chi connectivity index (χ1) is 10.5. The summed E-state index contributed by atoms with van der Waals surface area (Å²) in [6.45, 7) is 12.9. The van der Waals surface area contributed by atoms with E-state index < -0.39 is 0 Å². The summed E-state index contributed by atoms with van der Waals surface area (Å²) in [6, 6.07) is 0. The van der Waals surface area contributed by atoms with Crippen LogP contribution in [0.4, 0.5) is 0 Å². The van der Waals surface area contributed by atoms with E-state index in [4.69, 9.17) is 4.74 Å². The Balaban J connectivity index is 5.01. The molecule has 0 spiro atoms. The fourth-order valence-corrected chi connectivity index (χ4v) is 1.48. The molecule has 0 amide bonds. The Bertz CT molecular complexity index is 451. The molecule has 0 aromatic heterocycles. The average Bonchev–Trinajstić information content (AvgIpc) is 2.51. The molecule has 0 heterocycles. The zero-order valence-corrected chi connectivity index (χ0v) is 14.6. The van der Waals surface area contributed by atoms with E-state index in [1.54, 1.807) is 26.0 Å². The largest absolute Gasteiger partial charge is 0.463 e. The average molecular weight is 307 g/mol. The summed E-state index contributed by atoms with van der Waals surface area (Å²) in [6.07, 6.45) is 6.42. The smallest absolute Gasteiger partial charge is 0.333 e. The van der Waals surface area contributed by atoms with Gasteiger partial charge in [-0.1, -0.05) is 32.1 Å². The minimum absolute atomic E-state index is 0.322. The number of nitrogens with zero attached hydrogens (tertiary/aromatic N) is 3. The van der Waals surface area contributed by atoms with Gasteiger partial charge in [-0.3, -0.25) is 5.01 Å². The summed E-state index contributed by atoms with van der Waals surface area (Å²) in [7, 11) is 1.89. The molecule has 124 valence electrons. The molecular formula is C17H29N3O2. The van der Waals surface area contributed by atoms with Crippen LogP contribution in [0.2, 0.25) is 0 Å². The summed E-state index contributed by atoms with van der Waals surface area (Å²) >= 11 is 0. The second-order valence-corrected chi connectivity index (χ2v) is 5.00. The van der Waals surface area contributed by atoms with Gasteiger partial charge in [0.2, 0.25) is 0 Å². The van der Waals surface area contributed by atoms with Crippen LogP contribution >= 0.6 is 0 Å². The number of carbonyl (C=O) groups is 1. The van der Waals surface area contributed by atoms with Crippen molar-refractivity contribution in [1.29, 1.82) is 0 Å². The Morgan fingerprint density at radius 3 is 2.50 bits per heavy atom. The van der Waals surface area contributed by atoms with Crippen molar-refractivity contribution < 1.29 is 9.53 Å². The molecule has 0 unspecified atom stereocenters. The first kappa shape index (κ1) is 20.1. The van der Waals surface area contributed by atoms with Crippen molar-refractivity contribution in [3.8, 4) is 0 Å². The normalized spacial score (nSPS) is 12.6. The number of unbranched alkanes of at least 4 members (excludes halogenated alkanes) is 1. The van der Waals surface area contributed by atoms with Gasteiger partial charge in [-0.15, -0.1) is 5.11 Å². The molecule has 0 rings (SSSR count). The second kappa shape index (κ2) is 11.7. The number of rotatable bonds is 10. The summed E-state index contributed by atoms with van der Waals surface area (Å²) in [5.74, 6) is -0.322. The van der Waals surface area contributed by atoms with Gasteiger partial charge in [0.05, 0.1) is 12.3 Å². The van der Waals surface area contributed by atoms with Crippen molar-refractivity contribution in [3.05, 3.63) is 35.6 Å². The SMILES string of the molecule is C=C(CC)C(=CC=C(C)C(=O)OCC)N=NN(C)CCCC. The molecule has 0 aliphatic rings. The number of hydrogen-bond donors (Lipinski definition) is 0. The highest BCUT2D eigenvalue weighted by atomic mass is 16.5. The van der Waals surface area contributed by atoms with Gasteiger partial charge in [-0.2, -0.15) is 0 Å². The first-order valence-electron chi connectivity index (χ1n) is 7.82. The quantitative estimate of drug-likeness (QED) is 0.197. The third-order valence-electron chi connectivity index (χ3n) is 3.02. The van der Waals surface area contributed by atoms with Crippen LogP contribution in [-0.2, 0) is 9.53 Å². The Morgan fingerprint density at radius 2 is 1.95 bits per heavy atom. The van der Waals surface area contributed by atoms with E-state index in [1.165, 1.54) is 0 Å². The van der Waals surface area contributed by atoms with Crippen LogP contribution in [0.25, 0.3) is 0 Å². The Labute approximate surface area is 134 Å². The fourth-order valence-electron chi connectivity index (χ4n) is 1.48. The number of esters is 1. The van der Waals surface area contributed by atoms with Crippen LogP contribution < -0.4 is 0 Å². The van der Waals surface area contributed by atoms with Gasteiger partial charge in [0.1, 0.15) is 0 Å². The Morgan fingerprint density at radius 1 is 1.27 bits per heavy atom. The fraction of sp³-hybridized carbons (Fsp3) is 0.588. The lowest BCUT2D eigenvalue weighted by atomic mass is 10.1. The molecule has 0 saturated carbocycles. The van der Waals surface area contributed by atoms with Gasteiger partial charge in [0.25, 0.3) is 0 Å². The molecule has 0 bridgehead atoms. The zero-order valence-electron chi connectivity index (χ0n) is 14.6. The highest BCUT2D eigenvalue weighted by molar-refractivity contribution is 5.88. The maximum absolute atomic E-state index is 11.6. The molecule has 0 fully saturated rings. The van der Waals surface area contributed by atoms with Crippen molar-refractivity contribution in [3.63, 3.8) is 0 Å². The maximum atomic E-state index is 11.6. The highest BCUT2D eigenvalue weighted by Gasteiger charge is 2.04. The van der Waals surface area contributed by atoms with Crippen molar-refractivity contribution in [2.75, 3.05) is 20.2 Å². The molecule has 0 aromatic carbocycles. The second-order valence-electron chi connectivity index (χ2n) is 5.00. The molecule has 22 heavy (non-hydrogen) atoms. The number of carbonyl (C=O) groups excluding carboxylic acids is 1. The van der Waals surface area contributed by atoms with E-state index in [2.05, 4.69) is 23.8 Å². The molecule has 5 heteroatoms. The summed E-state index contributed by atoms with van der Waals surface area (Å²) in [4.78, 5) is 11.6. The summed E-state index contributed by atoms with van der Waals surface area (Å²) in [5, 5.41) is 10.2. The van der Waals surface area contributed by atoms with Gasteiger partial charge in [0, 0.05) is 19.2 Å². The van der Waals surface area contributed by atoms with E-state index in [0.29, 0.717) is 17.9 Å². The number of allylic oxidation sites excluding steroid dienone is 3. The highest BCUT2D eigenvalue weighted by Crippen LogP contribution is 2.15. The van der Waals surface area contributed by atoms with Gasteiger partial charge in [-0.25, -0.2) is 4.79 Å². The molecule has 0 aromatic rings. The minimum atomic E-state index is -0.322. The molecule has 0 aliphatic heterocycles. The lowest BCUT2D eigenvalue weighted by Gasteiger charge is -2.10. The van der Waals surface area contributed by atoms with Crippen LogP contribution in [0.5, 0.6) is 0 Å². The molecular weight excluding hydrogens is 278 g/mol. The topological polar surface area (TPSA) is 54.3 Å². The van der Waals surface area contributed by atoms with E-state index in [0.717, 1.165) is 31.4 Å². The number of hydrogen-bond acceptors (Lipinski definition) is 4. The third kappa shape index (κ3) is 8.39. The van der Waals surface area contributed by atoms with E-state index in [1.807, 2.05) is 19.0 Å². The van der Waals surface area contributed by atoms with E-state index in [-0.39, 0.29) is 5.97 Å². The molecule has 0 aliphatic carbocycles. The van der Waals surface area contributed by atoms with Crippen LogP contribution in [0, 0.1) is 0 Å². The minimum Gasteiger partial charge on any atom is -0.463 e. The summed E-state index contributed by atoms with van der Waals surface area (Å²) in [5.41, 5.74) is 2.08. The van der Waals surface area contributed by atoms with Crippen molar-refractivity contribution in [2.24, 2.45) is 10.3 Å². The maximum Gasteiger partial charge on any atom is 0.333 e. The lowest BCUT2D eigenvalue weighted by molar-refractivity contribution is -0.138. The standard InChI is InChI=1S/C17H29N3O2/c1-7-10-13-20(6)19-18-16(14(4)8-2)12-11-15(5)17(21)22-9-3/h11-12H,4,7-10,13H2,1-3,5-6H3.